The Labute approximate surface area is 149 Å². The predicted octanol–water partition coefficient (Wildman–Crippen LogP) is 2.51. The van der Waals surface area contributed by atoms with Crippen LogP contribution in [0.4, 0.5) is 0 Å². The number of Topliss-reactive ketones (excluding diaryl/α,β-unsaturated/α-hetero) is 1. The van der Waals surface area contributed by atoms with E-state index in [4.69, 9.17) is 19.9 Å². The van der Waals surface area contributed by atoms with Crippen LogP contribution in [-0.4, -0.2) is 36.6 Å². The highest BCUT2D eigenvalue weighted by Gasteiger charge is 2.17. The van der Waals surface area contributed by atoms with E-state index < -0.39 is 17.7 Å². The number of ketones is 1. The molecule has 1 unspecified atom stereocenters. The van der Waals surface area contributed by atoms with Crippen LogP contribution in [0.15, 0.2) is 24.3 Å². The molecule has 6 nitrogen and oxygen atoms in total. The fourth-order valence-corrected chi connectivity index (χ4v) is 1.80. The van der Waals surface area contributed by atoms with Gasteiger partial charge in [0.05, 0.1) is 6.54 Å². The molecule has 0 aromatic heterocycles. The average Bonchev–Trinajstić information content (AvgIpc) is 2.49. The summed E-state index contributed by atoms with van der Waals surface area (Å²) in [5, 5.41) is 0. The van der Waals surface area contributed by atoms with Gasteiger partial charge in [0.1, 0.15) is 17.1 Å². The smallest absolute Gasteiger partial charge is 0.344 e. The van der Waals surface area contributed by atoms with Gasteiger partial charge in [-0.1, -0.05) is 6.92 Å². The van der Waals surface area contributed by atoms with Gasteiger partial charge in [0, 0.05) is 0 Å². The molecule has 24 heavy (non-hydrogen) atoms. The lowest BCUT2D eigenvalue weighted by molar-refractivity contribution is -0.157. The molecular weight excluding hydrogens is 334 g/mol. The normalized spacial score (nSPS) is 11.9. The molecule has 0 radical (unpaired) electrons. The zero-order valence-corrected chi connectivity index (χ0v) is 15.4. The Morgan fingerprint density at radius 2 is 1.67 bits per heavy atom. The number of esters is 1. The zero-order valence-electron chi connectivity index (χ0n) is 14.5. The number of carbonyl (C=O) groups is 2. The van der Waals surface area contributed by atoms with E-state index in [-0.39, 0.29) is 31.3 Å². The van der Waals surface area contributed by atoms with E-state index in [2.05, 4.69) is 0 Å². The number of nitrogens with two attached hydrogens (primary N) is 1. The van der Waals surface area contributed by atoms with Crippen molar-refractivity contribution in [3.63, 3.8) is 0 Å². The second kappa shape index (κ2) is 10.2. The van der Waals surface area contributed by atoms with E-state index in [1.807, 2.05) is 6.92 Å². The third kappa shape index (κ3) is 8.17. The van der Waals surface area contributed by atoms with Crippen LogP contribution in [0.25, 0.3) is 0 Å². The standard InChI is InChI=1S/C17H25NO5.ClH/c1-5-15(14(19)10-18)22-13-8-6-12(7-9-13)21-11-16(20)23-17(2,3)4;/h6-9,15H,5,10-11,18H2,1-4H3;1H. The number of ether oxygens (including phenoxy) is 3. The van der Waals surface area contributed by atoms with Gasteiger partial charge >= 0.3 is 5.97 Å². The largest absolute Gasteiger partial charge is 0.483 e. The molecule has 1 aromatic carbocycles. The summed E-state index contributed by atoms with van der Waals surface area (Å²) in [7, 11) is 0. The lowest BCUT2D eigenvalue weighted by Crippen LogP contribution is -2.32. The van der Waals surface area contributed by atoms with Crippen LogP contribution in [0.3, 0.4) is 0 Å². The van der Waals surface area contributed by atoms with Crippen molar-refractivity contribution in [3.8, 4) is 11.5 Å². The quantitative estimate of drug-likeness (QED) is 0.717. The Morgan fingerprint density at radius 1 is 1.12 bits per heavy atom. The molecule has 0 fully saturated rings. The van der Waals surface area contributed by atoms with E-state index in [1.165, 1.54) is 0 Å². The minimum Gasteiger partial charge on any atom is -0.483 e. The van der Waals surface area contributed by atoms with Crippen LogP contribution >= 0.6 is 12.4 Å². The number of halogens is 1. The summed E-state index contributed by atoms with van der Waals surface area (Å²) in [6, 6.07) is 6.69. The van der Waals surface area contributed by atoms with Crippen molar-refractivity contribution in [2.24, 2.45) is 5.73 Å². The van der Waals surface area contributed by atoms with Crippen molar-refractivity contribution in [2.75, 3.05) is 13.2 Å². The van der Waals surface area contributed by atoms with Crippen LogP contribution in [-0.2, 0) is 14.3 Å². The molecule has 0 saturated heterocycles. The Bertz CT molecular complexity index is 525. The van der Waals surface area contributed by atoms with Crippen LogP contribution in [0.5, 0.6) is 11.5 Å². The molecule has 0 spiro atoms. The van der Waals surface area contributed by atoms with Crippen LogP contribution in [0, 0.1) is 0 Å². The Kier molecular flexibility index (Phi) is 9.40. The first kappa shape index (κ1) is 22.2. The summed E-state index contributed by atoms with van der Waals surface area (Å²) in [6.45, 7) is 7.03. The highest BCUT2D eigenvalue weighted by molar-refractivity contribution is 5.85. The number of benzene rings is 1. The molecule has 0 amide bonds. The summed E-state index contributed by atoms with van der Waals surface area (Å²) in [5.74, 6) is 0.486. The predicted molar refractivity (Wildman–Crippen MR) is 93.8 cm³/mol. The number of hydrogen-bond acceptors (Lipinski definition) is 6. The van der Waals surface area contributed by atoms with Gasteiger partial charge in [-0.25, -0.2) is 4.79 Å². The van der Waals surface area contributed by atoms with Crippen molar-refractivity contribution in [2.45, 2.75) is 45.8 Å². The van der Waals surface area contributed by atoms with E-state index in [9.17, 15) is 9.59 Å². The zero-order chi connectivity index (χ0) is 17.5. The van der Waals surface area contributed by atoms with Gasteiger partial charge in [0.25, 0.3) is 0 Å². The van der Waals surface area contributed by atoms with E-state index in [1.54, 1.807) is 45.0 Å². The van der Waals surface area contributed by atoms with Gasteiger partial charge in [0.15, 0.2) is 18.5 Å². The third-order valence-electron chi connectivity index (χ3n) is 2.81. The Balaban J connectivity index is 0.00000529. The van der Waals surface area contributed by atoms with Crippen LogP contribution < -0.4 is 15.2 Å². The maximum Gasteiger partial charge on any atom is 0.344 e. The molecular formula is C17H26ClNO5. The monoisotopic (exact) mass is 359 g/mol. The van der Waals surface area contributed by atoms with Crippen molar-refractivity contribution in [1.29, 1.82) is 0 Å². The Hall–Kier alpha value is -1.79. The van der Waals surface area contributed by atoms with E-state index >= 15 is 0 Å². The lowest BCUT2D eigenvalue weighted by Gasteiger charge is -2.19. The second-order valence-corrected chi connectivity index (χ2v) is 6.03. The van der Waals surface area contributed by atoms with Gasteiger partial charge in [-0.2, -0.15) is 0 Å². The number of rotatable bonds is 8. The molecule has 0 aliphatic carbocycles. The summed E-state index contributed by atoms with van der Waals surface area (Å²) in [5.41, 5.74) is 4.81. The minimum absolute atomic E-state index is 0. The number of hydrogen-bond donors (Lipinski definition) is 1. The van der Waals surface area contributed by atoms with Crippen molar-refractivity contribution in [3.05, 3.63) is 24.3 Å². The molecule has 1 rings (SSSR count). The van der Waals surface area contributed by atoms with Crippen LogP contribution in [0.2, 0.25) is 0 Å². The first-order valence-electron chi connectivity index (χ1n) is 7.59. The van der Waals surface area contributed by atoms with Crippen molar-refractivity contribution >= 4 is 24.2 Å². The maximum atomic E-state index is 11.6. The first-order valence-corrected chi connectivity index (χ1v) is 7.59. The van der Waals surface area contributed by atoms with Gasteiger partial charge in [0.2, 0.25) is 0 Å². The first-order chi connectivity index (χ1) is 10.7. The summed E-state index contributed by atoms with van der Waals surface area (Å²) in [6.07, 6.45) is 0.000885. The summed E-state index contributed by atoms with van der Waals surface area (Å²) >= 11 is 0. The molecule has 7 heteroatoms. The Morgan fingerprint density at radius 3 is 2.12 bits per heavy atom. The van der Waals surface area contributed by atoms with Gasteiger partial charge < -0.3 is 19.9 Å². The fraction of sp³-hybridized carbons (Fsp3) is 0.529. The molecule has 0 aliphatic heterocycles. The molecule has 0 saturated carbocycles. The van der Waals surface area contributed by atoms with Crippen LogP contribution in [0.1, 0.15) is 34.1 Å². The molecule has 0 aliphatic rings. The molecule has 136 valence electrons. The average molecular weight is 360 g/mol. The van der Waals surface area contributed by atoms with Gasteiger partial charge in [-0.3, -0.25) is 4.79 Å². The molecule has 2 N–H and O–H groups in total. The fourth-order valence-electron chi connectivity index (χ4n) is 1.80. The van der Waals surface area contributed by atoms with Gasteiger partial charge in [-0.05, 0) is 51.5 Å². The van der Waals surface area contributed by atoms with E-state index in [0.29, 0.717) is 17.9 Å². The van der Waals surface area contributed by atoms with Crippen molar-refractivity contribution < 1.29 is 23.8 Å². The lowest BCUT2D eigenvalue weighted by atomic mass is 10.2. The summed E-state index contributed by atoms with van der Waals surface area (Å²) < 4.78 is 16.1. The highest BCUT2D eigenvalue weighted by atomic mass is 35.5. The maximum absolute atomic E-state index is 11.6. The SMILES string of the molecule is CCC(Oc1ccc(OCC(=O)OC(C)(C)C)cc1)C(=O)CN.Cl. The second-order valence-electron chi connectivity index (χ2n) is 6.03. The molecule has 0 bridgehead atoms. The van der Waals surface area contributed by atoms with Gasteiger partial charge in [-0.15, -0.1) is 12.4 Å². The minimum atomic E-state index is -0.548. The summed E-state index contributed by atoms with van der Waals surface area (Å²) in [4.78, 5) is 23.1. The topological polar surface area (TPSA) is 87.9 Å². The molecule has 1 aromatic rings. The third-order valence-corrected chi connectivity index (χ3v) is 2.81. The molecule has 1 atom stereocenters. The van der Waals surface area contributed by atoms with E-state index in [0.717, 1.165) is 0 Å². The highest BCUT2D eigenvalue weighted by Crippen LogP contribution is 2.19. The number of carbonyl (C=O) groups excluding carboxylic acids is 2. The molecule has 0 heterocycles. The van der Waals surface area contributed by atoms with Crippen molar-refractivity contribution in [1.82, 2.24) is 0 Å².